The Balaban J connectivity index is 1.30. The van der Waals surface area contributed by atoms with Gasteiger partial charge in [-0.3, -0.25) is 0 Å². The lowest BCUT2D eigenvalue weighted by atomic mass is 9.79. The molecule has 8 aromatic carbocycles. The highest BCUT2D eigenvalue weighted by molar-refractivity contribution is 6.22. The van der Waals surface area contributed by atoms with Crippen LogP contribution in [0.4, 0.5) is 0 Å². The van der Waals surface area contributed by atoms with Gasteiger partial charge in [0.1, 0.15) is 0 Å². The van der Waals surface area contributed by atoms with E-state index in [0.717, 1.165) is 6.42 Å². The minimum absolute atomic E-state index is 1.15. The van der Waals surface area contributed by atoms with Crippen LogP contribution in [0.3, 0.4) is 0 Å². The summed E-state index contributed by atoms with van der Waals surface area (Å²) < 4.78 is 0. The maximum atomic E-state index is 2.48. The molecule has 1 aliphatic rings. The molecule has 0 heterocycles. The van der Waals surface area contributed by atoms with E-state index in [1.807, 2.05) is 0 Å². The molecule has 44 heavy (non-hydrogen) atoms. The van der Waals surface area contributed by atoms with Gasteiger partial charge in [-0.1, -0.05) is 140 Å². The van der Waals surface area contributed by atoms with Crippen molar-refractivity contribution in [1.82, 2.24) is 0 Å². The number of aryl methyl sites for hydroxylation is 1. The maximum Gasteiger partial charge on any atom is -0.00233 e. The minimum atomic E-state index is 1.15. The quantitative estimate of drug-likeness (QED) is 0.189. The van der Waals surface area contributed by atoms with Crippen LogP contribution in [0.15, 0.2) is 146 Å². The normalized spacial score (nSPS) is 13.1. The molecule has 8 aromatic rings. The fraction of sp³-hybridized carbons (Fsp3) is 0.0909. The third-order valence-electron chi connectivity index (χ3n) is 9.85. The van der Waals surface area contributed by atoms with E-state index in [1.54, 1.807) is 11.1 Å². The van der Waals surface area contributed by atoms with Crippen molar-refractivity contribution < 1.29 is 0 Å². The molecule has 0 bridgehead atoms. The van der Waals surface area contributed by atoms with Crippen LogP contribution in [0, 0.1) is 0 Å². The van der Waals surface area contributed by atoms with Crippen LogP contribution < -0.4 is 0 Å². The lowest BCUT2D eigenvalue weighted by molar-refractivity contribution is 0.691. The Kier molecular flexibility index (Phi) is 5.87. The molecule has 0 nitrogen and oxygen atoms in total. The molecule has 0 aromatic heterocycles. The Morgan fingerprint density at radius 2 is 0.818 bits per heavy atom. The van der Waals surface area contributed by atoms with Crippen molar-refractivity contribution in [2.24, 2.45) is 0 Å². The molecular formula is C44H32. The van der Waals surface area contributed by atoms with Crippen LogP contribution in [0.2, 0.25) is 0 Å². The largest absolute Gasteiger partial charge is 0.0616 e. The van der Waals surface area contributed by atoms with Crippen molar-refractivity contribution in [2.45, 2.75) is 25.7 Å². The zero-order valence-electron chi connectivity index (χ0n) is 24.7. The van der Waals surface area contributed by atoms with E-state index in [9.17, 15) is 0 Å². The lowest BCUT2D eigenvalue weighted by Crippen LogP contribution is -2.06. The maximum absolute atomic E-state index is 2.48. The van der Waals surface area contributed by atoms with Gasteiger partial charge in [-0.15, -0.1) is 0 Å². The molecule has 0 N–H and O–H groups in total. The molecule has 0 spiro atoms. The lowest BCUT2D eigenvalue weighted by Gasteiger charge is -2.25. The number of fused-ring (bicyclic) bond motifs is 6. The second kappa shape index (κ2) is 10.2. The predicted molar refractivity (Wildman–Crippen MR) is 189 cm³/mol. The van der Waals surface area contributed by atoms with Gasteiger partial charge < -0.3 is 0 Å². The van der Waals surface area contributed by atoms with Crippen LogP contribution in [-0.2, 0) is 12.8 Å². The fourth-order valence-electron chi connectivity index (χ4n) is 7.89. The molecule has 0 heteroatoms. The zero-order valence-corrected chi connectivity index (χ0v) is 24.7. The van der Waals surface area contributed by atoms with E-state index in [4.69, 9.17) is 0 Å². The highest BCUT2D eigenvalue weighted by Crippen LogP contribution is 2.47. The fourth-order valence-corrected chi connectivity index (χ4v) is 7.89. The zero-order chi connectivity index (χ0) is 29.0. The van der Waals surface area contributed by atoms with Gasteiger partial charge in [0.05, 0.1) is 0 Å². The van der Waals surface area contributed by atoms with Gasteiger partial charge in [0, 0.05) is 0 Å². The second-order valence-corrected chi connectivity index (χ2v) is 12.3. The summed E-state index contributed by atoms with van der Waals surface area (Å²) in [5, 5.41) is 10.7. The number of hydrogen-bond acceptors (Lipinski definition) is 0. The molecule has 0 fully saturated rings. The predicted octanol–water partition coefficient (Wildman–Crippen LogP) is 12.2. The van der Waals surface area contributed by atoms with Crippen molar-refractivity contribution >= 4 is 43.1 Å². The molecule has 0 radical (unpaired) electrons. The number of rotatable bonds is 3. The monoisotopic (exact) mass is 560 g/mol. The van der Waals surface area contributed by atoms with Crippen molar-refractivity contribution in [3.8, 4) is 33.4 Å². The number of benzene rings is 8. The summed E-state index contributed by atoms with van der Waals surface area (Å²) in [6.45, 7) is 0. The van der Waals surface area contributed by atoms with E-state index < -0.39 is 0 Å². The number of hydrogen-bond donors (Lipinski definition) is 0. The van der Waals surface area contributed by atoms with Gasteiger partial charge >= 0.3 is 0 Å². The van der Waals surface area contributed by atoms with Gasteiger partial charge in [-0.25, -0.2) is 0 Å². The van der Waals surface area contributed by atoms with Crippen molar-refractivity contribution in [1.29, 1.82) is 0 Å². The van der Waals surface area contributed by atoms with Crippen LogP contribution in [-0.4, -0.2) is 0 Å². The first-order valence-corrected chi connectivity index (χ1v) is 15.9. The molecule has 1 aliphatic carbocycles. The highest BCUT2D eigenvalue weighted by Gasteiger charge is 2.22. The van der Waals surface area contributed by atoms with Crippen LogP contribution in [0.1, 0.15) is 24.0 Å². The molecule has 208 valence electrons. The Hall–Kier alpha value is -5.20. The van der Waals surface area contributed by atoms with E-state index in [2.05, 4.69) is 146 Å². The van der Waals surface area contributed by atoms with Crippen LogP contribution >= 0.6 is 0 Å². The summed E-state index contributed by atoms with van der Waals surface area (Å²) in [6, 6.07) is 54.1. The van der Waals surface area contributed by atoms with Gasteiger partial charge in [-0.2, -0.15) is 0 Å². The average Bonchev–Trinajstić information content (AvgIpc) is 3.10. The summed E-state index contributed by atoms with van der Waals surface area (Å²) in [4.78, 5) is 0. The molecule has 0 atom stereocenters. The van der Waals surface area contributed by atoms with Crippen molar-refractivity contribution in [2.75, 3.05) is 0 Å². The SMILES string of the molecule is c1ccc2c(-c3ccc(-c4c5ccccc5c(-c5cc6ccccc6c6c5CCCC6)c5ccccc45)cc3)cccc2c1. The topological polar surface area (TPSA) is 0 Å². The average molecular weight is 561 g/mol. The van der Waals surface area contributed by atoms with Crippen molar-refractivity contribution in [3.05, 3.63) is 157 Å². The Bertz CT molecular complexity index is 2310. The third-order valence-corrected chi connectivity index (χ3v) is 9.85. The highest BCUT2D eigenvalue weighted by atomic mass is 14.3. The standard InChI is InChI=1S/C44H32/c1-3-15-33-29(12-1)14-11-23-34(33)30-24-26-31(27-25-30)43-38-19-7-9-21-40(38)44(41-22-10-8-20-39(41)43)42-28-32-13-2-4-16-35(32)36-17-5-6-18-37(36)42/h1-4,7-16,19-28H,5-6,17-18H2. The summed E-state index contributed by atoms with van der Waals surface area (Å²) in [5.41, 5.74) is 11.0. The molecule has 0 amide bonds. The summed E-state index contributed by atoms with van der Waals surface area (Å²) in [5.74, 6) is 0. The van der Waals surface area contributed by atoms with Crippen LogP contribution in [0.25, 0.3) is 76.5 Å². The van der Waals surface area contributed by atoms with Crippen molar-refractivity contribution in [3.63, 3.8) is 0 Å². The Morgan fingerprint density at radius 3 is 1.50 bits per heavy atom. The van der Waals surface area contributed by atoms with Gasteiger partial charge in [0.2, 0.25) is 0 Å². The smallest absolute Gasteiger partial charge is 0.00233 e. The third kappa shape index (κ3) is 3.91. The first kappa shape index (κ1) is 25.3. The van der Waals surface area contributed by atoms with E-state index in [0.29, 0.717) is 0 Å². The van der Waals surface area contributed by atoms with Gasteiger partial charge in [0.25, 0.3) is 0 Å². The summed E-state index contributed by atoms with van der Waals surface area (Å²) in [6.07, 6.45) is 4.85. The van der Waals surface area contributed by atoms with Gasteiger partial charge in [0.15, 0.2) is 0 Å². The first-order valence-electron chi connectivity index (χ1n) is 15.9. The minimum Gasteiger partial charge on any atom is -0.0616 e. The molecular weight excluding hydrogens is 528 g/mol. The van der Waals surface area contributed by atoms with E-state index >= 15 is 0 Å². The Morgan fingerprint density at radius 1 is 0.318 bits per heavy atom. The van der Waals surface area contributed by atoms with E-state index in [-0.39, 0.29) is 0 Å². The first-order chi connectivity index (χ1) is 21.8. The van der Waals surface area contributed by atoms with Gasteiger partial charge in [-0.05, 0) is 119 Å². The molecule has 9 rings (SSSR count). The molecule has 0 unspecified atom stereocenters. The Labute approximate surface area is 258 Å². The molecule has 0 saturated carbocycles. The second-order valence-electron chi connectivity index (χ2n) is 12.3. The molecule has 0 saturated heterocycles. The summed E-state index contributed by atoms with van der Waals surface area (Å²) in [7, 11) is 0. The van der Waals surface area contributed by atoms with Crippen LogP contribution in [0.5, 0.6) is 0 Å². The molecule has 0 aliphatic heterocycles. The summed E-state index contributed by atoms with van der Waals surface area (Å²) >= 11 is 0. The van der Waals surface area contributed by atoms with E-state index in [1.165, 1.54) is 95.7 Å².